The summed E-state index contributed by atoms with van der Waals surface area (Å²) in [6, 6.07) is 17.8. The number of rotatable bonds is 5. The number of fused-ring (bicyclic) bond motifs is 1. The smallest absolute Gasteiger partial charge is 0.273 e. The van der Waals surface area contributed by atoms with Crippen LogP contribution in [0.2, 0.25) is 0 Å². The number of nitrogens with zero attached hydrogens (tertiary/aromatic N) is 1. The van der Waals surface area contributed by atoms with E-state index in [4.69, 9.17) is 10.7 Å². The molecule has 0 aliphatic rings. The Morgan fingerprint density at radius 1 is 1.07 bits per heavy atom. The van der Waals surface area contributed by atoms with E-state index in [0.717, 1.165) is 44.9 Å². The fraction of sp³-hybridized carbons (Fsp3) is 0.143. The van der Waals surface area contributed by atoms with E-state index in [1.165, 1.54) is 0 Å². The Bertz CT molecular complexity index is 1150. The molecule has 0 bridgehead atoms. The van der Waals surface area contributed by atoms with Gasteiger partial charge < -0.3 is 10.8 Å². The molecule has 2 aromatic heterocycles. The number of aromatic amines is 2. The van der Waals surface area contributed by atoms with Crippen molar-refractivity contribution in [3.05, 3.63) is 70.6 Å². The average molecular weight is 376 g/mol. The molecule has 6 heteroatoms. The standard InChI is InChI=1S/C21H20N4OS/c1-2-5-17-20(21(26)25-24-17)18-12-19(15-6-3-4-7-16(15)23-18)27-14-10-8-13(22)9-11-14/h3-4,6-12H,2,5,22H2,1H3,(H2,24,25,26). The Kier molecular flexibility index (Phi) is 4.73. The molecule has 0 unspecified atom stereocenters. The second-order valence-electron chi connectivity index (χ2n) is 6.38. The van der Waals surface area contributed by atoms with Crippen molar-refractivity contribution in [3.8, 4) is 11.3 Å². The van der Waals surface area contributed by atoms with E-state index in [2.05, 4.69) is 23.2 Å². The molecule has 0 aliphatic heterocycles. The van der Waals surface area contributed by atoms with Crippen LogP contribution >= 0.6 is 11.8 Å². The number of hydrogen-bond acceptors (Lipinski definition) is 4. The van der Waals surface area contributed by atoms with Gasteiger partial charge in [-0.1, -0.05) is 43.3 Å². The van der Waals surface area contributed by atoms with Crippen molar-refractivity contribution in [2.75, 3.05) is 5.73 Å². The third-order valence-electron chi connectivity index (χ3n) is 4.40. The summed E-state index contributed by atoms with van der Waals surface area (Å²) in [5, 5.41) is 6.76. The second kappa shape index (κ2) is 7.32. The highest BCUT2D eigenvalue weighted by Gasteiger charge is 2.16. The summed E-state index contributed by atoms with van der Waals surface area (Å²) in [4.78, 5) is 19.3. The fourth-order valence-corrected chi connectivity index (χ4v) is 4.10. The monoisotopic (exact) mass is 376 g/mol. The topological polar surface area (TPSA) is 87.6 Å². The van der Waals surface area contributed by atoms with Gasteiger partial charge in [0.25, 0.3) is 5.56 Å². The first-order valence-electron chi connectivity index (χ1n) is 8.88. The summed E-state index contributed by atoms with van der Waals surface area (Å²) in [5.41, 5.74) is 9.49. The number of nitrogens with one attached hydrogen (secondary N) is 2. The number of hydrogen-bond donors (Lipinski definition) is 3. The van der Waals surface area contributed by atoms with Gasteiger partial charge in [-0.3, -0.25) is 9.89 Å². The highest BCUT2D eigenvalue weighted by atomic mass is 32.2. The number of aromatic nitrogens is 3. The van der Waals surface area contributed by atoms with Gasteiger partial charge in [0.1, 0.15) is 0 Å². The predicted octanol–water partition coefficient (Wildman–Crippen LogP) is 4.60. The number of nitrogen functional groups attached to an aromatic ring is 1. The van der Waals surface area contributed by atoms with Crippen molar-refractivity contribution in [2.24, 2.45) is 0 Å². The molecule has 4 aromatic rings. The Morgan fingerprint density at radius 3 is 2.63 bits per heavy atom. The summed E-state index contributed by atoms with van der Waals surface area (Å²) in [6.45, 7) is 2.09. The van der Waals surface area contributed by atoms with E-state index >= 15 is 0 Å². The van der Waals surface area contributed by atoms with Gasteiger partial charge in [0.2, 0.25) is 0 Å². The molecule has 4 rings (SSSR count). The zero-order chi connectivity index (χ0) is 18.8. The summed E-state index contributed by atoms with van der Waals surface area (Å²) in [6.07, 6.45) is 1.74. The van der Waals surface area contributed by atoms with Crippen molar-refractivity contribution in [3.63, 3.8) is 0 Å². The SMILES string of the molecule is CCCc1[nH][nH]c(=O)c1-c1cc(Sc2ccc(N)cc2)c2ccccc2n1. The largest absolute Gasteiger partial charge is 0.399 e. The van der Waals surface area contributed by atoms with Crippen LogP contribution in [0.15, 0.2) is 69.2 Å². The maximum Gasteiger partial charge on any atom is 0.273 e. The average Bonchev–Trinajstić information content (AvgIpc) is 3.04. The van der Waals surface area contributed by atoms with Crippen LogP contribution in [0.4, 0.5) is 5.69 Å². The van der Waals surface area contributed by atoms with Crippen LogP contribution in [-0.4, -0.2) is 15.2 Å². The van der Waals surface area contributed by atoms with Gasteiger partial charge in [0, 0.05) is 26.6 Å². The molecule has 0 amide bonds. The first-order valence-corrected chi connectivity index (χ1v) is 9.70. The minimum Gasteiger partial charge on any atom is -0.399 e. The van der Waals surface area contributed by atoms with E-state index in [1.807, 2.05) is 48.5 Å². The number of anilines is 1. The molecule has 0 fully saturated rings. The third kappa shape index (κ3) is 3.48. The first kappa shape index (κ1) is 17.4. The van der Waals surface area contributed by atoms with Gasteiger partial charge >= 0.3 is 0 Å². The molecule has 2 aromatic carbocycles. The zero-order valence-electron chi connectivity index (χ0n) is 15.0. The van der Waals surface area contributed by atoms with Gasteiger partial charge in [-0.25, -0.2) is 4.98 Å². The quantitative estimate of drug-likeness (QED) is 0.444. The van der Waals surface area contributed by atoms with Gasteiger partial charge in [-0.15, -0.1) is 0 Å². The summed E-state index contributed by atoms with van der Waals surface area (Å²) in [5.74, 6) is 0. The number of pyridine rings is 1. The zero-order valence-corrected chi connectivity index (χ0v) is 15.8. The molecule has 27 heavy (non-hydrogen) atoms. The van der Waals surface area contributed by atoms with Crippen LogP contribution in [0.25, 0.3) is 22.2 Å². The Balaban J connectivity index is 1.87. The van der Waals surface area contributed by atoms with E-state index in [-0.39, 0.29) is 5.56 Å². The highest BCUT2D eigenvalue weighted by molar-refractivity contribution is 7.99. The summed E-state index contributed by atoms with van der Waals surface area (Å²) >= 11 is 1.64. The molecule has 0 radical (unpaired) electrons. The van der Waals surface area contributed by atoms with Crippen LogP contribution in [0.1, 0.15) is 19.0 Å². The van der Waals surface area contributed by atoms with E-state index in [9.17, 15) is 4.79 Å². The molecule has 5 nitrogen and oxygen atoms in total. The van der Waals surface area contributed by atoms with Gasteiger partial charge in [0.15, 0.2) is 0 Å². The minimum absolute atomic E-state index is 0.135. The van der Waals surface area contributed by atoms with E-state index < -0.39 is 0 Å². The number of benzene rings is 2. The summed E-state index contributed by atoms with van der Waals surface area (Å²) < 4.78 is 0. The molecular formula is C21H20N4OS. The molecule has 136 valence electrons. The molecular weight excluding hydrogens is 356 g/mol. The van der Waals surface area contributed by atoms with Crippen LogP contribution < -0.4 is 11.3 Å². The van der Waals surface area contributed by atoms with E-state index in [0.29, 0.717) is 11.3 Å². The molecule has 0 aliphatic carbocycles. The summed E-state index contributed by atoms with van der Waals surface area (Å²) in [7, 11) is 0. The first-order chi connectivity index (χ1) is 13.2. The van der Waals surface area contributed by atoms with Gasteiger partial charge in [-0.2, -0.15) is 0 Å². The molecule has 0 saturated heterocycles. The number of H-pyrrole nitrogens is 2. The van der Waals surface area contributed by atoms with Crippen LogP contribution in [-0.2, 0) is 6.42 Å². The van der Waals surface area contributed by atoms with Crippen LogP contribution in [0.3, 0.4) is 0 Å². The lowest BCUT2D eigenvalue weighted by Gasteiger charge is -2.10. The van der Waals surface area contributed by atoms with Gasteiger partial charge in [-0.05, 0) is 42.8 Å². The van der Waals surface area contributed by atoms with Crippen LogP contribution in [0.5, 0.6) is 0 Å². The predicted molar refractivity (Wildman–Crippen MR) is 111 cm³/mol. The molecule has 4 N–H and O–H groups in total. The Morgan fingerprint density at radius 2 is 1.85 bits per heavy atom. The van der Waals surface area contributed by atoms with Crippen molar-refractivity contribution in [1.29, 1.82) is 0 Å². The third-order valence-corrected chi connectivity index (χ3v) is 5.46. The van der Waals surface area contributed by atoms with Crippen molar-refractivity contribution < 1.29 is 0 Å². The van der Waals surface area contributed by atoms with Crippen molar-refractivity contribution in [2.45, 2.75) is 29.6 Å². The highest BCUT2D eigenvalue weighted by Crippen LogP contribution is 2.36. The van der Waals surface area contributed by atoms with Crippen LogP contribution in [0, 0.1) is 0 Å². The van der Waals surface area contributed by atoms with Gasteiger partial charge in [0.05, 0.1) is 16.8 Å². The number of para-hydroxylation sites is 1. The lowest BCUT2D eigenvalue weighted by Crippen LogP contribution is -2.04. The Labute approximate surface area is 161 Å². The van der Waals surface area contributed by atoms with E-state index in [1.54, 1.807) is 11.8 Å². The fourth-order valence-electron chi connectivity index (χ4n) is 3.12. The van der Waals surface area contributed by atoms with Crippen molar-refractivity contribution in [1.82, 2.24) is 15.2 Å². The Hall–Kier alpha value is -2.99. The lowest BCUT2D eigenvalue weighted by molar-refractivity contribution is 0.866. The minimum atomic E-state index is -0.135. The van der Waals surface area contributed by atoms with Crippen molar-refractivity contribution >= 4 is 28.4 Å². The molecule has 0 spiro atoms. The molecule has 0 atom stereocenters. The second-order valence-corrected chi connectivity index (χ2v) is 7.49. The molecule has 2 heterocycles. The number of nitrogens with two attached hydrogens (primary N) is 1. The maximum atomic E-state index is 12.4. The number of aryl methyl sites for hydroxylation is 1. The molecule has 0 saturated carbocycles. The lowest BCUT2D eigenvalue weighted by atomic mass is 10.1. The maximum absolute atomic E-state index is 12.4. The normalized spacial score (nSPS) is 11.1.